The van der Waals surface area contributed by atoms with Crippen LogP contribution in [0, 0.1) is 5.92 Å². The summed E-state index contributed by atoms with van der Waals surface area (Å²) >= 11 is 0. The lowest BCUT2D eigenvalue weighted by atomic mass is 9.97. The monoisotopic (exact) mass is 246 g/mol. The minimum Gasteiger partial charge on any atom is -0.481 e. The maximum absolute atomic E-state index is 10.9. The van der Waals surface area contributed by atoms with Gasteiger partial charge in [0.1, 0.15) is 5.82 Å². The number of carboxylic acid groups (broad SMARTS) is 1. The molecule has 0 aromatic carbocycles. The van der Waals surface area contributed by atoms with Crippen molar-refractivity contribution in [1.29, 1.82) is 0 Å². The molecule has 1 fully saturated rings. The lowest BCUT2D eigenvalue weighted by Crippen LogP contribution is -2.36. The van der Waals surface area contributed by atoms with Crippen LogP contribution in [0.4, 0.5) is 5.82 Å². The highest BCUT2D eigenvalue weighted by atomic mass is 16.4. The SMILES string of the molecule is O=C(O)C1CCN(c2ccc3nccn3n2)CC1. The molecule has 0 unspecified atom stereocenters. The van der Waals surface area contributed by atoms with Crippen molar-refractivity contribution in [3.8, 4) is 0 Å². The third kappa shape index (κ3) is 1.90. The summed E-state index contributed by atoms with van der Waals surface area (Å²) in [5.41, 5.74) is 0.819. The summed E-state index contributed by atoms with van der Waals surface area (Å²) in [5, 5.41) is 13.4. The van der Waals surface area contributed by atoms with Crippen molar-refractivity contribution in [3.05, 3.63) is 24.5 Å². The van der Waals surface area contributed by atoms with E-state index in [-0.39, 0.29) is 5.92 Å². The van der Waals surface area contributed by atoms with Crippen LogP contribution < -0.4 is 4.90 Å². The number of fused-ring (bicyclic) bond motifs is 1. The van der Waals surface area contributed by atoms with Gasteiger partial charge in [-0.25, -0.2) is 9.50 Å². The van der Waals surface area contributed by atoms with Crippen LogP contribution in [0.25, 0.3) is 5.65 Å². The third-order valence-electron chi connectivity index (χ3n) is 3.41. The highest BCUT2D eigenvalue weighted by Gasteiger charge is 2.25. The van der Waals surface area contributed by atoms with Gasteiger partial charge in [-0.2, -0.15) is 0 Å². The minimum atomic E-state index is -0.687. The third-order valence-corrected chi connectivity index (χ3v) is 3.41. The fraction of sp³-hybridized carbons (Fsp3) is 0.417. The van der Waals surface area contributed by atoms with Crippen LogP contribution in [0.3, 0.4) is 0 Å². The molecule has 2 aromatic rings. The van der Waals surface area contributed by atoms with E-state index in [4.69, 9.17) is 5.11 Å². The van der Waals surface area contributed by atoms with Gasteiger partial charge in [0, 0.05) is 25.5 Å². The molecule has 0 amide bonds. The Labute approximate surface area is 104 Å². The number of aromatic nitrogens is 3. The van der Waals surface area contributed by atoms with Gasteiger partial charge in [-0.15, -0.1) is 5.10 Å². The van der Waals surface area contributed by atoms with E-state index in [2.05, 4.69) is 15.0 Å². The molecule has 6 nitrogen and oxygen atoms in total. The van der Waals surface area contributed by atoms with E-state index in [9.17, 15) is 4.79 Å². The zero-order valence-corrected chi connectivity index (χ0v) is 9.86. The molecular weight excluding hydrogens is 232 g/mol. The predicted octanol–water partition coefficient (Wildman–Crippen LogP) is 1.03. The molecule has 3 rings (SSSR count). The van der Waals surface area contributed by atoms with Crippen molar-refractivity contribution in [2.24, 2.45) is 5.92 Å². The zero-order valence-electron chi connectivity index (χ0n) is 9.86. The molecule has 0 atom stereocenters. The molecule has 3 heterocycles. The Hall–Kier alpha value is -2.11. The second-order valence-electron chi connectivity index (χ2n) is 4.52. The van der Waals surface area contributed by atoms with Gasteiger partial charge in [0.15, 0.2) is 5.65 Å². The Balaban J connectivity index is 1.77. The molecule has 0 saturated carbocycles. The van der Waals surface area contributed by atoms with Crippen LogP contribution in [0.1, 0.15) is 12.8 Å². The van der Waals surface area contributed by atoms with Crippen LogP contribution >= 0.6 is 0 Å². The largest absolute Gasteiger partial charge is 0.481 e. The summed E-state index contributed by atoms with van der Waals surface area (Å²) in [4.78, 5) is 17.2. The molecule has 1 saturated heterocycles. The summed E-state index contributed by atoms with van der Waals surface area (Å²) in [6.07, 6.45) is 4.88. The van der Waals surface area contributed by atoms with Crippen molar-refractivity contribution in [3.63, 3.8) is 0 Å². The first-order chi connectivity index (χ1) is 8.74. The second kappa shape index (κ2) is 4.29. The van der Waals surface area contributed by atoms with Crippen LogP contribution in [-0.4, -0.2) is 38.8 Å². The summed E-state index contributed by atoms with van der Waals surface area (Å²) in [6.45, 7) is 1.48. The topological polar surface area (TPSA) is 70.7 Å². The molecular formula is C12H14N4O2. The molecule has 0 aliphatic carbocycles. The molecule has 0 spiro atoms. The molecule has 18 heavy (non-hydrogen) atoms. The van der Waals surface area contributed by atoms with Gasteiger partial charge in [-0.3, -0.25) is 4.79 Å². The summed E-state index contributed by atoms with van der Waals surface area (Å²) in [7, 11) is 0. The number of anilines is 1. The number of piperidine rings is 1. The van der Waals surface area contributed by atoms with E-state index in [1.807, 2.05) is 18.3 Å². The quantitative estimate of drug-likeness (QED) is 0.857. The van der Waals surface area contributed by atoms with Crippen LogP contribution in [0.5, 0.6) is 0 Å². The molecule has 1 aliphatic rings. The molecule has 1 N–H and O–H groups in total. The van der Waals surface area contributed by atoms with Crippen molar-refractivity contribution in [2.75, 3.05) is 18.0 Å². The number of hydrogen-bond donors (Lipinski definition) is 1. The number of aliphatic carboxylic acids is 1. The van der Waals surface area contributed by atoms with Gasteiger partial charge >= 0.3 is 5.97 Å². The molecule has 2 aromatic heterocycles. The van der Waals surface area contributed by atoms with Gasteiger partial charge < -0.3 is 10.0 Å². The highest BCUT2D eigenvalue weighted by Crippen LogP contribution is 2.21. The standard InChI is InChI=1S/C12H14N4O2/c17-12(18)9-3-6-15(7-4-9)11-2-1-10-13-5-8-16(10)14-11/h1-2,5,8-9H,3-4,6-7H2,(H,17,18). The summed E-state index contributed by atoms with van der Waals surface area (Å²) in [5.74, 6) is -0.0183. The molecule has 0 radical (unpaired) electrons. The van der Waals surface area contributed by atoms with E-state index in [0.717, 1.165) is 24.6 Å². The second-order valence-corrected chi connectivity index (χ2v) is 4.52. The molecule has 0 bridgehead atoms. The fourth-order valence-electron chi connectivity index (χ4n) is 2.33. The average molecular weight is 246 g/mol. The van der Waals surface area contributed by atoms with Crippen molar-refractivity contribution in [2.45, 2.75) is 12.8 Å². The summed E-state index contributed by atoms with van der Waals surface area (Å²) in [6, 6.07) is 3.86. The predicted molar refractivity (Wildman–Crippen MR) is 65.6 cm³/mol. The van der Waals surface area contributed by atoms with Crippen LogP contribution in [-0.2, 0) is 4.79 Å². The Morgan fingerprint density at radius 3 is 2.83 bits per heavy atom. The van der Waals surface area contributed by atoms with Gasteiger partial charge in [-0.1, -0.05) is 0 Å². The number of carboxylic acids is 1. The molecule has 94 valence electrons. The van der Waals surface area contributed by atoms with Crippen LogP contribution in [0.15, 0.2) is 24.5 Å². The number of carbonyl (C=O) groups is 1. The van der Waals surface area contributed by atoms with Gasteiger partial charge in [0.05, 0.1) is 5.92 Å². The first kappa shape index (κ1) is 11.0. The van der Waals surface area contributed by atoms with Crippen molar-refractivity contribution in [1.82, 2.24) is 14.6 Å². The lowest BCUT2D eigenvalue weighted by Gasteiger charge is -2.30. The average Bonchev–Trinajstić information content (AvgIpc) is 2.86. The minimum absolute atomic E-state index is 0.210. The Bertz CT molecular complexity index is 572. The first-order valence-electron chi connectivity index (χ1n) is 6.02. The number of hydrogen-bond acceptors (Lipinski definition) is 4. The maximum Gasteiger partial charge on any atom is 0.306 e. The lowest BCUT2D eigenvalue weighted by molar-refractivity contribution is -0.142. The van der Waals surface area contributed by atoms with Gasteiger partial charge in [-0.05, 0) is 25.0 Å². The van der Waals surface area contributed by atoms with E-state index < -0.39 is 5.97 Å². The zero-order chi connectivity index (χ0) is 12.5. The van der Waals surface area contributed by atoms with Gasteiger partial charge in [0.25, 0.3) is 0 Å². The van der Waals surface area contributed by atoms with E-state index in [1.165, 1.54) is 0 Å². The van der Waals surface area contributed by atoms with Gasteiger partial charge in [0.2, 0.25) is 0 Å². The van der Waals surface area contributed by atoms with E-state index in [0.29, 0.717) is 12.8 Å². The highest BCUT2D eigenvalue weighted by molar-refractivity contribution is 5.70. The Kier molecular flexibility index (Phi) is 2.62. The normalized spacial score (nSPS) is 17.2. The maximum atomic E-state index is 10.9. The van der Waals surface area contributed by atoms with Crippen molar-refractivity contribution < 1.29 is 9.90 Å². The van der Waals surface area contributed by atoms with Crippen molar-refractivity contribution >= 4 is 17.4 Å². The molecule has 1 aliphatic heterocycles. The van der Waals surface area contributed by atoms with E-state index in [1.54, 1.807) is 10.7 Å². The number of rotatable bonds is 2. The Morgan fingerprint density at radius 1 is 1.33 bits per heavy atom. The summed E-state index contributed by atoms with van der Waals surface area (Å²) < 4.78 is 1.73. The molecule has 6 heteroatoms. The van der Waals surface area contributed by atoms with Crippen LogP contribution in [0.2, 0.25) is 0 Å². The first-order valence-corrected chi connectivity index (χ1v) is 6.02. The van der Waals surface area contributed by atoms with E-state index >= 15 is 0 Å². The smallest absolute Gasteiger partial charge is 0.306 e. The Morgan fingerprint density at radius 2 is 2.11 bits per heavy atom. The number of nitrogens with zero attached hydrogens (tertiary/aromatic N) is 4. The number of imidazole rings is 1. The fourth-order valence-corrected chi connectivity index (χ4v) is 2.33.